The van der Waals surface area contributed by atoms with E-state index in [4.69, 9.17) is 27.9 Å². The third-order valence-electron chi connectivity index (χ3n) is 6.66. The molecule has 0 aliphatic rings. The van der Waals surface area contributed by atoms with Crippen LogP contribution in [0.15, 0.2) is 103 Å². The van der Waals surface area contributed by atoms with E-state index in [9.17, 15) is 18.0 Å². The monoisotopic (exact) mass is 639 g/mol. The maximum absolute atomic E-state index is 14.1. The molecule has 8 nitrogen and oxygen atoms in total. The van der Waals surface area contributed by atoms with Crippen LogP contribution >= 0.6 is 23.2 Å². The molecule has 0 bridgehead atoms. The SMILES string of the molecule is CNC(=O)[C@@H](Cc1ccccc1)N(Cc1ccc(Cl)cc1Cl)C(=O)CN(c1ccc(Oc2ccccc2)cc1)S(C)(=O)=O. The van der Waals surface area contributed by atoms with Gasteiger partial charge in [0.05, 0.1) is 11.9 Å². The molecule has 2 amide bonds. The number of halogens is 2. The Morgan fingerprint density at radius 2 is 1.47 bits per heavy atom. The number of nitrogens with one attached hydrogen (secondary N) is 1. The Bertz CT molecular complexity index is 1650. The van der Waals surface area contributed by atoms with Crippen LogP contribution in [-0.4, -0.2) is 51.0 Å². The van der Waals surface area contributed by atoms with Crippen LogP contribution in [0.1, 0.15) is 11.1 Å². The zero-order valence-corrected chi connectivity index (χ0v) is 25.9. The smallest absolute Gasteiger partial charge is 0.244 e. The summed E-state index contributed by atoms with van der Waals surface area (Å²) < 4.78 is 32.8. The van der Waals surface area contributed by atoms with Crippen LogP contribution in [0.4, 0.5) is 5.69 Å². The standard InChI is InChI=1S/C32H31Cl2N3O5S/c1-35-32(39)30(19-23-9-5-3-6-10-23)36(21-24-13-14-25(33)20-29(24)34)31(38)22-37(43(2,40)41)26-15-17-28(18-16-26)42-27-11-7-4-8-12-27/h3-18,20,30H,19,21-22H2,1-2H3,(H,35,39)/t30-/m1/s1. The molecule has 4 rings (SSSR count). The van der Waals surface area contributed by atoms with Crippen molar-refractivity contribution in [1.82, 2.24) is 10.2 Å². The van der Waals surface area contributed by atoms with E-state index in [1.807, 2.05) is 48.5 Å². The number of anilines is 1. The van der Waals surface area contributed by atoms with E-state index in [1.54, 1.807) is 54.6 Å². The highest BCUT2D eigenvalue weighted by Gasteiger charge is 2.33. The number of nitrogens with zero attached hydrogens (tertiary/aromatic N) is 2. The summed E-state index contributed by atoms with van der Waals surface area (Å²) in [5.74, 6) is 0.123. The second kappa shape index (κ2) is 14.4. The lowest BCUT2D eigenvalue weighted by Gasteiger charge is -2.33. The van der Waals surface area contributed by atoms with Crippen molar-refractivity contribution in [2.24, 2.45) is 0 Å². The Morgan fingerprint density at radius 3 is 2.05 bits per heavy atom. The van der Waals surface area contributed by atoms with Crippen LogP contribution in [0.5, 0.6) is 11.5 Å². The first kappa shape index (κ1) is 31.9. The summed E-state index contributed by atoms with van der Waals surface area (Å²) >= 11 is 12.6. The van der Waals surface area contributed by atoms with Crippen molar-refractivity contribution < 1.29 is 22.7 Å². The van der Waals surface area contributed by atoms with Gasteiger partial charge in [0, 0.05) is 30.1 Å². The van der Waals surface area contributed by atoms with Gasteiger partial charge in [-0.15, -0.1) is 0 Å². The Morgan fingerprint density at radius 1 is 0.860 bits per heavy atom. The zero-order chi connectivity index (χ0) is 31.0. The average Bonchev–Trinajstić information content (AvgIpc) is 2.99. The van der Waals surface area contributed by atoms with E-state index in [0.29, 0.717) is 27.1 Å². The number of hydrogen-bond acceptors (Lipinski definition) is 5. The maximum atomic E-state index is 14.1. The predicted molar refractivity (Wildman–Crippen MR) is 170 cm³/mol. The summed E-state index contributed by atoms with van der Waals surface area (Å²) in [7, 11) is -2.43. The molecule has 0 saturated heterocycles. The average molecular weight is 641 g/mol. The van der Waals surface area contributed by atoms with Gasteiger partial charge in [0.15, 0.2) is 0 Å². The summed E-state index contributed by atoms with van der Waals surface area (Å²) in [6.45, 7) is -0.605. The van der Waals surface area contributed by atoms with Crippen molar-refractivity contribution in [3.8, 4) is 11.5 Å². The molecule has 43 heavy (non-hydrogen) atoms. The Hall–Kier alpha value is -4.05. The number of hydrogen-bond donors (Lipinski definition) is 1. The number of carbonyl (C=O) groups is 2. The van der Waals surface area contributed by atoms with Gasteiger partial charge in [0.2, 0.25) is 21.8 Å². The molecular weight excluding hydrogens is 609 g/mol. The number of benzene rings is 4. The lowest BCUT2D eigenvalue weighted by atomic mass is 10.0. The van der Waals surface area contributed by atoms with Gasteiger partial charge >= 0.3 is 0 Å². The minimum atomic E-state index is -3.91. The normalized spacial score (nSPS) is 11.8. The van der Waals surface area contributed by atoms with Crippen LogP contribution in [0.25, 0.3) is 0 Å². The Kier molecular flexibility index (Phi) is 10.7. The molecule has 0 aromatic heterocycles. The molecule has 224 valence electrons. The maximum Gasteiger partial charge on any atom is 0.244 e. The predicted octanol–water partition coefficient (Wildman–Crippen LogP) is 5.94. The summed E-state index contributed by atoms with van der Waals surface area (Å²) in [5, 5.41) is 3.37. The van der Waals surface area contributed by atoms with E-state index in [-0.39, 0.29) is 18.7 Å². The van der Waals surface area contributed by atoms with Gasteiger partial charge in [-0.3, -0.25) is 13.9 Å². The first-order valence-electron chi connectivity index (χ1n) is 13.3. The molecule has 1 N–H and O–H groups in total. The van der Waals surface area contributed by atoms with E-state index < -0.39 is 34.4 Å². The third kappa shape index (κ3) is 8.73. The lowest BCUT2D eigenvalue weighted by Crippen LogP contribution is -2.52. The highest BCUT2D eigenvalue weighted by molar-refractivity contribution is 7.92. The molecule has 0 spiro atoms. The van der Waals surface area contributed by atoms with Crippen LogP contribution in [0, 0.1) is 0 Å². The number of sulfonamides is 1. The minimum Gasteiger partial charge on any atom is -0.457 e. The molecule has 0 saturated carbocycles. The van der Waals surface area contributed by atoms with Crippen molar-refractivity contribution in [1.29, 1.82) is 0 Å². The van der Waals surface area contributed by atoms with Crippen molar-refractivity contribution >= 4 is 50.7 Å². The molecule has 0 aliphatic heterocycles. The number of carbonyl (C=O) groups excluding carboxylic acids is 2. The van der Waals surface area contributed by atoms with Crippen molar-refractivity contribution in [2.75, 3.05) is 24.2 Å². The van der Waals surface area contributed by atoms with E-state index in [1.165, 1.54) is 11.9 Å². The van der Waals surface area contributed by atoms with E-state index in [2.05, 4.69) is 5.32 Å². The van der Waals surface area contributed by atoms with Gasteiger partial charge in [-0.2, -0.15) is 0 Å². The van der Waals surface area contributed by atoms with Gasteiger partial charge in [-0.25, -0.2) is 8.42 Å². The molecule has 1 atom stereocenters. The van der Waals surface area contributed by atoms with Gasteiger partial charge < -0.3 is 15.0 Å². The highest BCUT2D eigenvalue weighted by Crippen LogP contribution is 2.27. The molecule has 4 aromatic carbocycles. The first-order chi connectivity index (χ1) is 20.5. The third-order valence-corrected chi connectivity index (χ3v) is 8.38. The molecule has 0 heterocycles. The fourth-order valence-electron chi connectivity index (χ4n) is 4.47. The summed E-state index contributed by atoms with van der Waals surface area (Å²) in [6.07, 6.45) is 1.22. The Labute approximate surface area is 261 Å². The van der Waals surface area contributed by atoms with Crippen molar-refractivity contribution in [2.45, 2.75) is 19.0 Å². The number of rotatable bonds is 12. The number of likely N-dealkylation sites (N-methyl/N-ethyl adjacent to an activating group) is 1. The molecular formula is C32H31Cl2N3O5S. The van der Waals surface area contributed by atoms with Gasteiger partial charge in [-0.05, 0) is 59.7 Å². The van der Waals surface area contributed by atoms with E-state index >= 15 is 0 Å². The highest BCUT2D eigenvalue weighted by atomic mass is 35.5. The summed E-state index contributed by atoms with van der Waals surface area (Å²) in [5.41, 5.74) is 1.64. The largest absolute Gasteiger partial charge is 0.457 e. The minimum absolute atomic E-state index is 0.0544. The summed E-state index contributed by atoms with van der Waals surface area (Å²) in [6, 6.07) is 28.7. The topological polar surface area (TPSA) is 96.0 Å². The zero-order valence-electron chi connectivity index (χ0n) is 23.6. The quantitative estimate of drug-likeness (QED) is 0.207. The van der Waals surface area contributed by atoms with Gasteiger partial charge in [-0.1, -0.05) is 77.8 Å². The molecule has 11 heteroatoms. The number of para-hydroxylation sites is 1. The molecule has 0 fully saturated rings. The van der Waals surface area contributed by atoms with Crippen molar-refractivity contribution in [3.05, 3.63) is 124 Å². The second-order valence-corrected chi connectivity index (χ2v) is 12.5. The Balaban J connectivity index is 1.67. The fourth-order valence-corrected chi connectivity index (χ4v) is 5.79. The van der Waals surface area contributed by atoms with Crippen molar-refractivity contribution in [3.63, 3.8) is 0 Å². The van der Waals surface area contributed by atoms with Gasteiger partial charge in [0.1, 0.15) is 24.1 Å². The van der Waals surface area contributed by atoms with Crippen LogP contribution in [-0.2, 0) is 32.6 Å². The second-order valence-electron chi connectivity index (χ2n) is 9.76. The van der Waals surface area contributed by atoms with Crippen LogP contribution < -0.4 is 14.4 Å². The van der Waals surface area contributed by atoms with Crippen LogP contribution in [0.2, 0.25) is 10.0 Å². The summed E-state index contributed by atoms with van der Waals surface area (Å²) in [4.78, 5) is 28.6. The molecule has 0 radical (unpaired) electrons. The van der Waals surface area contributed by atoms with Crippen LogP contribution in [0.3, 0.4) is 0 Å². The van der Waals surface area contributed by atoms with E-state index in [0.717, 1.165) is 16.1 Å². The fraction of sp³-hybridized carbons (Fsp3) is 0.188. The number of ether oxygens (including phenoxy) is 1. The first-order valence-corrected chi connectivity index (χ1v) is 15.9. The molecule has 4 aromatic rings. The van der Waals surface area contributed by atoms with Gasteiger partial charge in [0.25, 0.3) is 0 Å². The lowest BCUT2D eigenvalue weighted by molar-refractivity contribution is -0.139. The number of amides is 2. The molecule has 0 unspecified atom stereocenters. The molecule has 0 aliphatic carbocycles.